The Morgan fingerprint density at radius 1 is 1.05 bits per heavy atom. The van der Waals surface area contributed by atoms with Crippen molar-refractivity contribution < 1.29 is 4.42 Å². The van der Waals surface area contributed by atoms with E-state index in [-0.39, 0.29) is 0 Å². The Bertz CT molecular complexity index is 866. The first-order valence-corrected chi connectivity index (χ1v) is 6.81. The monoisotopic (exact) mass is 304 g/mol. The van der Waals surface area contributed by atoms with E-state index in [4.69, 9.17) is 27.6 Å². The Kier molecular flexibility index (Phi) is 3.28. The molecule has 2 nitrogen and oxygen atoms in total. The van der Waals surface area contributed by atoms with Crippen molar-refractivity contribution in [2.75, 3.05) is 0 Å². The number of benzene rings is 2. The molecule has 100 valence electrons. The molecule has 0 N–H and O–H groups in total. The molecule has 0 spiro atoms. The van der Waals surface area contributed by atoms with Crippen molar-refractivity contribution in [3.63, 3.8) is 0 Å². The maximum Gasteiger partial charge on any atom is 0.344 e. The molecule has 1 aromatic heterocycles. The van der Waals surface area contributed by atoms with E-state index in [1.807, 2.05) is 19.1 Å². The first kappa shape index (κ1) is 13.2. The minimum atomic E-state index is -0.398. The summed E-state index contributed by atoms with van der Waals surface area (Å²) in [5.74, 6) is 0. The number of hydrogen-bond donors (Lipinski definition) is 0. The van der Waals surface area contributed by atoms with Gasteiger partial charge in [-0.05, 0) is 36.8 Å². The molecule has 0 aliphatic heterocycles. The summed E-state index contributed by atoms with van der Waals surface area (Å²) in [5.41, 5.74) is 2.08. The summed E-state index contributed by atoms with van der Waals surface area (Å²) < 4.78 is 5.37. The predicted octanol–water partition coefficient (Wildman–Crippen LogP) is 5.08. The van der Waals surface area contributed by atoms with Crippen LogP contribution in [0, 0.1) is 6.92 Å². The van der Waals surface area contributed by atoms with Gasteiger partial charge in [0.05, 0.1) is 5.56 Å². The highest BCUT2D eigenvalue weighted by Gasteiger charge is 2.15. The Hall–Kier alpha value is -1.77. The number of halogens is 2. The van der Waals surface area contributed by atoms with E-state index in [1.54, 1.807) is 30.3 Å². The maximum atomic E-state index is 12.2. The van der Waals surface area contributed by atoms with Crippen LogP contribution in [0.25, 0.3) is 22.1 Å². The third-order valence-electron chi connectivity index (χ3n) is 3.27. The molecule has 0 saturated carbocycles. The Balaban J connectivity index is 2.43. The van der Waals surface area contributed by atoms with Gasteiger partial charge >= 0.3 is 5.63 Å². The van der Waals surface area contributed by atoms with Crippen LogP contribution in [0.1, 0.15) is 5.56 Å². The first-order chi connectivity index (χ1) is 9.58. The van der Waals surface area contributed by atoms with Crippen molar-refractivity contribution >= 4 is 34.2 Å². The molecule has 2 aromatic carbocycles. The molecule has 0 aliphatic carbocycles. The molecule has 0 radical (unpaired) electrons. The largest absolute Gasteiger partial charge is 0.422 e. The SMILES string of the molecule is Cc1c(-c2ccccc2Cl)c(=O)oc2ccc(Cl)cc12. The van der Waals surface area contributed by atoms with Gasteiger partial charge in [-0.1, -0.05) is 41.4 Å². The summed E-state index contributed by atoms with van der Waals surface area (Å²) >= 11 is 12.2. The minimum Gasteiger partial charge on any atom is -0.422 e. The predicted molar refractivity (Wildman–Crippen MR) is 82.7 cm³/mol. The van der Waals surface area contributed by atoms with Crippen LogP contribution in [-0.4, -0.2) is 0 Å². The summed E-state index contributed by atoms with van der Waals surface area (Å²) in [4.78, 5) is 12.2. The lowest BCUT2D eigenvalue weighted by atomic mass is 10.00. The van der Waals surface area contributed by atoms with Gasteiger partial charge in [0.1, 0.15) is 5.58 Å². The van der Waals surface area contributed by atoms with Crippen LogP contribution >= 0.6 is 23.2 Å². The molecule has 0 aliphatic rings. The van der Waals surface area contributed by atoms with Gasteiger partial charge in [-0.2, -0.15) is 0 Å². The summed E-state index contributed by atoms with van der Waals surface area (Å²) in [6.45, 7) is 1.87. The zero-order valence-electron chi connectivity index (χ0n) is 10.6. The van der Waals surface area contributed by atoms with Crippen LogP contribution in [0.15, 0.2) is 51.7 Å². The highest BCUT2D eigenvalue weighted by Crippen LogP contribution is 2.32. The molecule has 0 atom stereocenters. The van der Waals surface area contributed by atoms with E-state index in [0.29, 0.717) is 26.8 Å². The van der Waals surface area contributed by atoms with Gasteiger partial charge in [0, 0.05) is 21.0 Å². The average Bonchev–Trinajstić information content (AvgIpc) is 2.42. The van der Waals surface area contributed by atoms with Crippen molar-refractivity contribution in [3.05, 3.63) is 68.5 Å². The fourth-order valence-electron chi connectivity index (χ4n) is 2.30. The Morgan fingerprint density at radius 3 is 2.55 bits per heavy atom. The Morgan fingerprint density at radius 2 is 1.80 bits per heavy atom. The number of hydrogen-bond acceptors (Lipinski definition) is 2. The third-order valence-corrected chi connectivity index (χ3v) is 3.84. The quantitative estimate of drug-likeness (QED) is 0.587. The first-order valence-electron chi connectivity index (χ1n) is 6.06. The van der Waals surface area contributed by atoms with Crippen LogP contribution in [-0.2, 0) is 0 Å². The van der Waals surface area contributed by atoms with Gasteiger partial charge in [0.15, 0.2) is 0 Å². The molecule has 0 bridgehead atoms. The third kappa shape index (κ3) is 2.11. The van der Waals surface area contributed by atoms with Crippen molar-refractivity contribution in [2.45, 2.75) is 6.92 Å². The van der Waals surface area contributed by atoms with Gasteiger partial charge in [-0.15, -0.1) is 0 Å². The molecule has 0 amide bonds. The molecule has 3 rings (SSSR count). The molecule has 0 unspecified atom stereocenters. The molecule has 4 heteroatoms. The number of fused-ring (bicyclic) bond motifs is 1. The molecule has 20 heavy (non-hydrogen) atoms. The number of rotatable bonds is 1. The van der Waals surface area contributed by atoms with Crippen molar-refractivity contribution in [2.24, 2.45) is 0 Å². The summed E-state index contributed by atoms with van der Waals surface area (Å²) in [7, 11) is 0. The second kappa shape index (κ2) is 4.97. The smallest absolute Gasteiger partial charge is 0.344 e. The van der Waals surface area contributed by atoms with Gasteiger partial charge in [-0.25, -0.2) is 4.79 Å². The average molecular weight is 305 g/mol. The van der Waals surface area contributed by atoms with E-state index < -0.39 is 5.63 Å². The second-order valence-corrected chi connectivity index (χ2v) is 5.35. The topological polar surface area (TPSA) is 30.2 Å². The lowest BCUT2D eigenvalue weighted by Gasteiger charge is -2.09. The van der Waals surface area contributed by atoms with Gasteiger partial charge in [0.2, 0.25) is 0 Å². The normalized spacial score (nSPS) is 10.9. The zero-order chi connectivity index (χ0) is 14.3. The molecular formula is C16H10Cl2O2. The van der Waals surface area contributed by atoms with E-state index >= 15 is 0 Å². The van der Waals surface area contributed by atoms with Crippen molar-refractivity contribution in [3.8, 4) is 11.1 Å². The zero-order valence-corrected chi connectivity index (χ0v) is 12.1. The summed E-state index contributed by atoms with van der Waals surface area (Å²) in [5, 5.41) is 1.93. The van der Waals surface area contributed by atoms with Gasteiger partial charge < -0.3 is 4.42 Å². The standard InChI is InChI=1S/C16H10Cl2O2/c1-9-12-8-10(17)6-7-14(12)20-16(19)15(9)11-4-2-3-5-13(11)18/h2-8H,1H3. The lowest BCUT2D eigenvalue weighted by Crippen LogP contribution is -2.06. The molecule has 0 fully saturated rings. The molecule has 0 saturated heterocycles. The molecular weight excluding hydrogens is 295 g/mol. The fourth-order valence-corrected chi connectivity index (χ4v) is 2.70. The van der Waals surface area contributed by atoms with Crippen LogP contribution in [0.5, 0.6) is 0 Å². The van der Waals surface area contributed by atoms with E-state index in [2.05, 4.69) is 0 Å². The summed E-state index contributed by atoms with van der Waals surface area (Å²) in [6, 6.07) is 12.4. The van der Waals surface area contributed by atoms with E-state index in [9.17, 15) is 4.79 Å². The maximum absolute atomic E-state index is 12.2. The van der Waals surface area contributed by atoms with Gasteiger partial charge in [-0.3, -0.25) is 0 Å². The molecule has 3 aromatic rings. The highest BCUT2D eigenvalue weighted by molar-refractivity contribution is 6.33. The van der Waals surface area contributed by atoms with Crippen LogP contribution in [0.2, 0.25) is 10.0 Å². The molecule has 1 heterocycles. The van der Waals surface area contributed by atoms with E-state index in [1.165, 1.54) is 0 Å². The minimum absolute atomic E-state index is 0.398. The van der Waals surface area contributed by atoms with Gasteiger partial charge in [0.25, 0.3) is 0 Å². The van der Waals surface area contributed by atoms with Crippen molar-refractivity contribution in [1.82, 2.24) is 0 Å². The Labute approximate surface area is 125 Å². The number of aryl methyl sites for hydroxylation is 1. The fraction of sp³-hybridized carbons (Fsp3) is 0.0625. The second-order valence-electron chi connectivity index (χ2n) is 4.51. The highest BCUT2D eigenvalue weighted by atomic mass is 35.5. The van der Waals surface area contributed by atoms with Crippen LogP contribution in [0.3, 0.4) is 0 Å². The van der Waals surface area contributed by atoms with Crippen LogP contribution in [0.4, 0.5) is 0 Å². The van der Waals surface area contributed by atoms with Crippen molar-refractivity contribution in [1.29, 1.82) is 0 Å². The van der Waals surface area contributed by atoms with E-state index in [0.717, 1.165) is 10.9 Å². The lowest BCUT2D eigenvalue weighted by molar-refractivity contribution is 0.562. The summed E-state index contributed by atoms with van der Waals surface area (Å²) in [6.07, 6.45) is 0. The van der Waals surface area contributed by atoms with Crippen LogP contribution < -0.4 is 5.63 Å².